The maximum absolute atomic E-state index is 13.4. The SMILES string of the molecule is COC1CC(c2cccc(N3Cc4c(cc(C=O)cc4N(C)C)C3=O)c2)(c2nncn2C)C1. The van der Waals surface area contributed by atoms with E-state index in [2.05, 4.69) is 22.3 Å². The first-order chi connectivity index (χ1) is 15.9. The average Bonchev–Trinajstić information content (AvgIpc) is 3.36. The summed E-state index contributed by atoms with van der Waals surface area (Å²) in [5.74, 6) is 0.805. The average molecular weight is 446 g/mol. The highest BCUT2D eigenvalue weighted by molar-refractivity contribution is 6.12. The van der Waals surface area contributed by atoms with Crippen molar-refractivity contribution >= 4 is 23.6 Å². The zero-order valence-electron chi connectivity index (χ0n) is 19.3. The van der Waals surface area contributed by atoms with Gasteiger partial charge in [-0.25, -0.2) is 0 Å². The molecule has 2 aromatic carbocycles. The fourth-order valence-corrected chi connectivity index (χ4v) is 5.21. The second kappa shape index (κ2) is 7.81. The van der Waals surface area contributed by atoms with Crippen LogP contribution in [0.4, 0.5) is 11.4 Å². The molecule has 170 valence electrons. The second-order valence-corrected chi connectivity index (χ2v) is 9.13. The van der Waals surface area contributed by atoms with Crippen molar-refractivity contribution in [3.63, 3.8) is 0 Å². The van der Waals surface area contributed by atoms with Gasteiger partial charge >= 0.3 is 0 Å². The van der Waals surface area contributed by atoms with Crippen LogP contribution in [-0.2, 0) is 23.7 Å². The lowest BCUT2D eigenvalue weighted by Crippen LogP contribution is -2.48. The molecular weight excluding hydrogens is 418 g/mol. The van der Waals surface area contributed by atoms with Crippen molar-refractivity contribution in [3.8, 4) is 0 Å². The number of hydrogen-bond acceptors (Lipinski definition) is 6. The number of aldehydes is 1. The molecule has 1 amide bonds. The topological polar surface area (TPSA) is 80.6 Å². The van der Waals surface area contributed by atoms with Gasteiger partial charge in [0.05, 0.1) is 18.1 Å². The Labute approximate surface area is 192 Å². The number of ether oxygens (including phenoxy) is 1. The largest absolute Gasteiger partial charge is 0.381 e. The van der Waals surface area contributed by atoms with Crippen LogP contribution in [0, 0.1) is 0 Å². The van der Waals surface area contributed by atoms with E-state index in [9.17, 15) is 9.59 Å². The van der Waals surface area contributed by atoms with E-state index >= 15 is 0 Å². The van der Waals surface area contributed by atoms with Crippen LogP contribution in [0.1, 0.15) is 50.5 Å². The molecular formula is C25H27N5O3. The summed E-state index contributed by atoms with van der Waals surface area (Å²) in [6, 6.07) is 11.6. The zero-order chi connectivity index (χ0) is 23.3. The number of carbonyl (C=O) groups excluding carboxylic acids is 2. The minimum Gasteiger partial charge on any atom is -0.381 e. The van der Waals surface area contributed by atoms with Crippen LogP contribution >= 0.6 is 0 Å². The predicted octanol–water partition coefficient (Wildman–Crippen LogP) is 2.95. The molecule has 1 fully saturated rings. The van der Waals surface area contributed by atoms with Crippen LogP contribution in [0.3, 0.4) is 0 Å². The van der Waals surface area contributed by atoms with Gasteiger partial charge in [-0.3, -0.25) is 9.59 Å². The highest BCUT2D eigenvalue weighted by Crippen LogP contribution is 2.50. The number of carbonyl (C=O) groups is 2. The summed E-state index contributed by atoms with van der Waals surface area (Å²) >= 11 is 0. The van der Waals surface area contributed by atoms with Crippen molar-refractivity contribution in [2.45, 2.75) is 30.9 Å². The van der Waals surface area contributed by atoms with Crippen molar-refractivity contribution in [2.75, 3.05) is 31.0 Å². The van der Waals surface area contributed by atoms with Crippen LogP contribution in [0.15, 0.2) is 42.7 Å². The first-order valence-corrected chi connectivity index (χ1v) is 11.0. The van der Waals surface area contributed by atoms with Gasteiger partial charge in [-0.2, -0.15) is 0 Å². The molecule has 1 saturated carbocycles. The molecule has 8 nitrogen and oxygen atoms in total. The molecule has 8 heteroatoms. The molecule has 0 unspecified atom stereocenters. The zero-order valence-corrected chi connectivity index (χ0v) is 19.3. The number of benzene rings is 2. The van der Waals surface area contributed by atoms with Crippen LogP contribution in [0.2, 0.25) is 0 Å². The van der Waals surface area contributed by atoms with E-state index in [0.717, 1.165) is 47.5 Å². The Morgan fingerprint density at radius 2 is 2.00 bits per heavy atom. The molecule has 5 rings (SSSR count). The maximum Gasteiger partial charge on any atom is 0.259 e. The van der Waals surface area contributed by atoms with E-state index in [1.807, 2.05) is 48.8 Å². The summed E-state index contributed by atoms with van der Waals surface area (Å²) in [6.07, 6.45) is 4.28. The fourth-order valence-electron chi connectivity index (χ4n) is 5.21. The number of rotatable bonds is 6. The Kier molecular flexibility index (Phi) is 5.05. The molecule has 0 radical (unpaired) electrons. The molecule has 0 bridgehead atoms. The predicted molar refractivity (Wildman–Crippen MR) is 125 cm³/mol. The summed E-state index contributed by atoms with van der Waals surface area (Å²) in [5.41, 5.74) is 4.52. The Bertz CT molecular complexity index is 1240. The normalized spacial score (nSPS) is 21.6. The van der Waals surface area contributed by atoms with Crippen molar-refractivity contribution in [1.29, 1.82) is 0 Å². The molecule has 0 saturated heterocycles. The van der Waals surface area contributed by atoms with Gasteiger partial charge in [0.1, 0.15) is 18.4 Å². The monoisotopic (exact) mass is 445 g/mol. The standard InChI is InChI=1S/C25H27N5O3/c1-28(2)22-9-16(14-31)8-20-21(22)13-30(23(20)32)18-7-5-6-17(10-18)25(11-19(12-25)33-4)24-27-26-15-29(24)3/h5-10,14-15,19H,11-13H2,1-4H3. The van der Waals surface area contributed by atoms with Gasteiger partial charge in [-0.15, -0.1) is 10.2 Å². The van der Waals surface area contributed by atoms with Crippen molar-refractivity contribution in [3.05, 3.63) is 70.8 Å². The maximum atomic E-state index is 13.4. The molecule has 1 aromatic heterocycles. The summed E-state index contributed by atoms with van der Waals surface area (Å²) < 4.78 is 7.55. The van der Waals surface area contributed by atoms with E-state index < -0.39 is 0 Å². The minimum absolute atomic E-state index is 0.0926. The van der Waals surface area contributed by atoms with Crippen LogP contribution < -0.4 is 9.80 Å². The van der Waals surface area contributed by atoms with Gasteiger partial charge in [-0.1, -0.05) is 12.1 Å². The first-order valence-electron chi connectivity index (χ1n) is 11.0. The smallest absolute Gasteiger partial charge is 0.259 e. The lowest BCUT2D eigenvalue weighted by Gasteiger charge is -2.46. The number of amides is 1. The number of hydrogen-bond donors (Lipinski definition) is 0. The molecule has 1 aliphatic heterocycles. The number of fused-ring (bicyclic) bond motifs is 1. The second-order valence-electron chi connectivity index (χ2n) is 9.13. The molecule has 1 aliphatic carbocycles. The number of nitrogens with zero attached hydrogens (tertiary/aromatic N) is 5. The highest BCUT2D eigenvalue weighted by atomic mass is 16.5. The van der Waals surface area contributed by atoms with Crippen LogP contribution in [0.5, 0.6) is 0 Å². The first kappa shape index (κ1) is 21.3. The summed E-state index contributed by atoms with van der Waals surface area (Å²) in [7, 11) is 7.53. The van der Waals surface area contributed by atoms with Crippen molar-refractivity contribution < 1.29 is 14.3 Å². The third-order valence-electron chi connectivity index (χ3n) is 6.99. The van der Waals surface area contributed by atoms with Gasteiger partial charge in [0.2, 0.25) is 0 Å². The molecule has 2 heterocycles. The molecule has 33 heavy (non-hydrogen) atoms. The van der Waals surface area contributed by atoms with E-state index in [-0.39, 0.29) is 17.4 Å². The van der Waals surface area contributed by atoms with Crippen LogP contribution in [0.25, 0.3) is 0 Å². The Hall–Kier alpha value is -3.52. The van der Waals surface area contributed by atoms with Gasteiger partial charge in [0.15, 0.2) is 0 Å². The number of aromatic nitrogens is 3. The molecule has 0 atom stereocenters. The third kappa shape index (κ3) is 3.24. The van der Waals surface area contributed by atoms with E-state index in [1.54, 1.807) is 24.4 Å². The molecule has 0 spiro atoms. The minimum atomic E-state index is -0.308. The Balaban J connectivity index is 1.55. The van der Waals surface area contributed by atoms with Crippen LogP contribution in [-0.4, -0.2) is 54.3 Å². The quantitative estimate of drug-likeness (QED) is 0.543. The fraction of sp³-hybridized carbons (Fsp3) is 0.360. The molecule has 2 aliphatic rings. The lowest BCUT2D eigenvalue weighted by molar-refractivity contribution is -0.00696. The van der Waals surface area contributed by atoms with E-state index in [4.69, 9.17) is 4.74 Å². The number of anilines is 2. The molecule has 0 N–H and O–H groups in total. The van der Waals surface area contributed by atoms with E-state index in [0.29, 0.717) is 17.7 Å². The number of aryl methyl sites for hydroxylation is 1. The molecule has 3 aromatic rings. The lowest BCUT2D eigenvalue weighted by atomic mass is 9.62. The summed E-state index contributed by atoms with van der Waals surface area (Å²) in [4.78, 5) is 28.6. The third-order valence-corrected chi connectivity index (χ3v) is 6.99. The Morgan fingerprint density at radius 3 is 2.64 bits per heavy atom. The number of methoxy groups -OCH3 is 1. The summed E-state index contributed by atoms with van der Waals surface area (Å²) in [6.45, 7) is 0.460. The van der Waals surface area contributed by atoms with E-state index in [1.165, 1.54) is 0 Å². The van der Waals surface area contributed by atoms with Gasteiger partial charge in [-0.05, 0) is 42.7 Å². The van der Waals surface area contributed by atoms with Gasteiger partial charge < -0.3 is 19.1 Å². The van der Waals surface area contributed by atoms with Gasteiger partial charge in [0.25, 0.3) is 5.91 Å². The highest BCUT2D eigenvalue weighted by Gasteiger charge is 2.50. The van der Waals surface area contributed by atoms with Crippen molar-refractivity contribution in [1.82, 2.24) is 14.8 Å². The van der Waals surface area contributed by atoms with Gasteiger partial charge in [0, 0.05) is 56.3 Å². The summed E-state index contributed by atoms with van der Waals surface area (Å²) in [5, 5.41) is 8.52. The van der Waals surface area contributed by atoms with Crippen molar-refractivity contribution in [2.24, 2.45) is 7.05 Å². The Morgan fingerprint density at radius 1 is 1.21 bits per heavy atom.